The third-order valence-corrected chi connectivity index (χ3v) is 4.23. The molecule has 4 nitrogen and oxygen atoms in total. The lowest BCUT2D eigenvalue weighted by Gasteiger charge is -2.17. The van der Waals surface area contributed by atoms with E-state index in [1.54, 1.807) is 18.2 Å². The number of benzene rings is 2. The molecule has 0 aliphatic rings. The number of ether oxygens (including phenoxy) is 1. The smallest absolute Gasteiger partial charge is 0.136 e. The van der Waals surface area contributed by atoms with Crippen LogP contribution in [0.4, 0.5) is 0 Å². The Morgan fingerprint density at radius 2 is 1.92 bits per heavy atom. The highest BCUT2D eigenvalue weighted by Gasteiger charge is 2.16. The standard InChI is InChI=1S/C19H23ClN2O2/c1-3-12-5-6-13(4-2)17(9-12)24-11-14-10-15(20)7-8-16(14)18(23)19(21)22/h5-10,18,23H,3-4,11H2,1-2H3,(H3,21,22). The first-order valence-corrected chi connectivity index (χ1v) is 8.38. The van der Waals surface area contributed by atoms with Gasteiger partial charge in [0.25, 0.3) is 0 Å². The number of nitrogens with two attached hydrogens (primary N) is 1. The minimum atomic E-state index is -1.16. The van der Waals surface area contributed by atoms with Gasteiger partial charge in [-0.05, 0) is 53.3 Å². The summed E-state index contributed by atoms with van der Waals surface area (Å²) in [6.45, 7) is 4.43. The van der Waals surface area contributed by atoms with Crippen LogP contribution in [0.1, 0.15) is 42.2 Å². The van der Waals surface area contributed by atoms with Crippen LogP contribution in [-0.4, -0.2) is 10.9 Å². The van der Waals surface area contributed by atoms with Crippen LogP contribution < -0.4 is 10.5 Å². The first kappa shape index (κ1) is 18.3. The molecule has 0 aliphatic heterocycles. The molecule has 1 unspecified atom stereocenters. The van der Waals surface area contributed by atoms with Crippen LogP contribution >= 0.6 is 11.6 Å². The number of aliphatic hydroxyl groups is 1. The number of amidine groups is 1. The van der Waals surface area contributed by atoms with E-state index >= 15 is 0 Å². The number of aryl methyl sites for hydroxylation is 2. The Morgan fingerprint density at radius 1 is 1.17 bits per heavy atom. The van der Waals surface area contributed by atoms with Crippen molar-refractivity contribution in [2.24, 2.45) is 5.73 Å². The van der Waals surface area contributed by atoms with Gasteiger partial charge in [0.2, 0.25) is 0 Å². The first-order valence-electron chi connectivity index (χ1n) is 8.01. The van der Waals surface area contributed by atoms with Gasteiger partial charge in [-0.2, -0.15) is 0 Å². The van der Waals surface area contributed by atoms with Crippen molar-refractivity contribution in [3.8, 4) is 5.75 Å². The van der Waals surface area contributed by atoms with E-state index in [-0.39, 0.29) is 12.4 Å². The highest BCUT2D eigenvalue weighted by atomic mass is 35.5. The Hall–Kier alpha value is -2.04. The van der Waals surface area contributed by atoms with Crippen molar-refractivity contribution in [1.82, 2.24) is 0 Å². The monoisotopic (exact) mass is 346 g/mol. The van der Waals surface area contributed by atoms with Gasteiger partial charge < -0.3 is 15.6 Å². The summed E-state index contributed by atoms with van der Waals surface area (Å²) >= 11 is 6.07. The SMILES string of the molecule is CCc1ccc(CC)c(OCc2cc(Cl)ccc2C(O)C(=N)N)c1. The zero-order valence-electron chi connectivity index (χ0n) is 14.0. The molecule has 0 saturated carbocycles. The van der Waals surface area contributed by atoms with E-state index in [1.165, 1.54) is 5.56 Å². The molecule has 2 aromatic carbocycles. The zero-order chi connectivity index (χ0) is 17.7. The Labute approximate surface area is 147 Å². The molecule has 5 heteroatoms. The van der Waals surface area contributed by atoms with Crippen LogP contribution in [0.5, 0.6) is 5.75 Å². The maximum absolute atomic E-state index is 10.1. The number of rotatable bonds is 7. The lowest BCUT2D eigenvalue weighted by atomic mass is 10.0. The summed E-state index contributed by atoms with van der Waals surface area (Å²) in [4.78, 5) is 0. The third kappa shape index (κ3) is 4.28. The molecule has 0 radical (unpaired) electrons. The largest absolute Gasteiger partial charge is 0.489 e. The Morgan fingerprint density at radius 3 is 2.54 bits per heavy atom. The van der Waals surface area contributed by atoms with Crippen molar-refractivity contribution < 1.29 is 9.84 Å². The maximum atomic E-state index is 10.1. The molecule has 0 amide bonds. The topological polar surface area (TPSA) is 79.3 Å². The van der Waals surface area contributed by atoms with Gasteiger partial charge in [0.15, 0.2) is 0 Å². The quantitative estimate of drug-likeness (QED) is 0.523. The molecule has 0 aromatic heterocycles. The van der Waals surface area contributed by atoms with Crippen molar-refractivity contribution in [2.75, 3.05) is 0 Å². The molecule has 1 atom stereocenters. The van der Waals surface area contributed by atoms with Crippen molar-refractivity contribution in [3.05, 3.63) is 63.7 Å². The zero-order valence-corrected chi connectivity index (χ0v) is 14.7. The molecule has 4 N–H and O–H groups in total. The van der Waals surface area contributed by atoms with Crippen LogP contribution in [0.15, 0.2) is 36.4 Å². The highest BCUT2D eigenvalue weighted by molar-refractivity contribution is 6.30. The van der Waals surface area contributed by atoms with Gasteiger partial charge in [-0.15, -0.1) is 0 Å². The van der Waals surface area contributed by atoms with E-state index < -0.39 is 6.10 Å². The number of hydrogen-bond acceptors (Lipinski definition) is 3. The molecular formula is C19H23ClN2O2. The summed E-state index contributed by atoms with van der Waals surface area (Å²) in [6, 6.07) is 11.3. The fourth-order valence-electron chi connectivity index (χ4n) is 2.53. The highest BCUT2D eigenvalue weighted by Crippen LogP contribution is 2.26. The maximum Gasteiger partial charge on any atom is 0.136 e. The number of hydrogen-bond donors (Lipinski definition) is 3. The Balaban J connectivity index is 2.29. The fraction of sp³-hybridized carbons (Fsp3) is 0.316. The molecule has 0 saturated heterocycles. The van der Waals surface area contributed by atoms with Crippen LogP contribution in [0, 0.1) is 5.41 Å². The predicted molar refractivity (Wildman–Crippen MR) is 97.9 cm³/mol. The van der Waals surface area contributed by atoms with E-state index in [2.05, 4.69) is 26.0 Å². The second-order valence-corrected chi connectivity index (χ2v) is 6.08. The molecule has 2 aromatic rings. The summed E-state index contributed by atoms with van der Waals surface area (Å²) < 4.78 is 6.00. The first-order chi connectivity index (χ1) is 11.5. The lowest BCUT2D eigenvalue weighted by Crippen LogP contribution is -2.21. The van der Waals surface area contributed by atoms with E-state index in [9.17, 15) is 5.11 Å². The molecule has 128 valence electrons. The van der Waals surface area contributed by atoms with Gasteiger partial charge in [0.05, 0.1) is 0 Å². The number of halogens is 1. The molecule has 0 heterocycles. The van der Waals surface area contributed by atoms with Crippen LogP contribution in [0.25, 0.3) is 0 Å². The molecule has 0 spiro atoms. The second kappa shape index (κ2) is 8.18. The average molecular weight is 347 g/mol. The van der Waals surface area contributed by atoms with Gasteiger partial charge in [0.1, 0.15) is 24.3 Å². The second-order valence-electron chi connectivity index (χ2n) is 5.64. The molecule has 0 aliphatic carbocycles. The molecule has 0 fully saturated rings. The Kier molecular flexibility index (Phi) is 6.23. The van der Waals surface area contributed by atoms with Crippen molar-refractivity contribution in [3.63, 3.8) is 0 Å². The van der Waals surface area contributed by atoms with Gasteiger partial charge in [-0.3, -0.25) is 5.41 Å². The van der Waals surface area contributed by atoms with E-state index in [1.807, 2.05) is 6.07 Å². The predicted octanol–water partition coefficient (Wildman–Crippen LogP) is 4.01. The number of nitrogens with one attached hydrogen (secondary N) is 1. The lowest BCUT2D eigenvalue weighted by molar-refractivity contribution is 0.238. The van der Waals surface area contributed by atoms with Crippen molar-refractivity contribution in [2.45, 2.75) is 39.4 Å². The van der Waals surface area contributed by atoms with Crippen LogP contribution in [0.3, 0.4) is 0 Å². The molecule has 2 rings (SSSR count). The number of aliphatic hydroxyl groups excluding tert-OH is 1. The average Bonchev–Trinajstić information content (AvgIpc) is 2.59. The van der Waals surface area contributed by atoms with E-state index in [0.29, 0.717) is 16.1 Å². The summed E-state index contributed by atoms with van der Waals surface area (Å²) in [5.41, 5.74) is 9.01. The summed E-state index contributed by atoms with van der Waals surface area (Å²) in [6.07, 6.45) is 0.650. The van der Waals surface area contributed by atoms with E-state index in [0.717, 1.165) is 24.2 Å². The van der Waals surface area contributed by atoms with Gasteiger partial charge >= 0.3 is 0 Å². The summed E-state index contributed by atoms with van der Waals surface area (Å²) in [5.74, 6) is 0.529. The summed E-state index contributed by atoms with van der Waals surface area (Å²) in [7, 11) is 0. The van der Waals surface area contributed by atoms with E-state index in [4.69, 9.17) is 27.5 Å². The minimum absolute atomic E-state index is 0.250. The minimum Gasteiger partial charge on any atom is -0.489 e. The van der Waals surface area contributed by atoms with Crippen molar-refractivity contribution in [1.29, 1.82) is 5.41 Å². The normalized spacial score (nSPS) is 12.0. The summed E-state index contributed by atoms with van der Waals surface area (Å²) in [5, 5.41) is 18.1. The van der Waals surface area contributed by atoms with Crippen LogP contribution in [0.2, 0.25) is 5.02 Å². The third-order valence-electron chi connectivity index (χ3n) is 4.00. The van der Waals surface area contributed by atoms with Gasteiger partial charge in [-0.25, -0.2) is 0 Å². The Bertz CT molecular complexity index is 731. The van der Waals surface area contributed by atoms with Crippen LogP contribution in [-0.2, 0) is 19.4 Å². The molecule has 24 heavy (non-hydrogen) atoms. The van der Waals surface area contributed by atoms with Gasteiger partial charge in [-0.1, -0.05) is 43.6 Å². The van der Waals surface area contributed by atoms with Gasteiger partial charge in [0, 0.05) is 5.02 Å². The molecule has 0 bridgehead atoms. The van der Waals surface area contributed by atoms with Crippen molar-refractivity contribution >= 4 is 17.4 Å². The molecular weight excluding hydrogens is 324 g/mol. The fourth-order valence-corrected chi connectivity index (χ4v) is 2.73.